The number of ether oxygens (including phenoxy) is 1. The Morgan fingerprint density at radius 3 is 2.18 bits per heavy atom. The van der Waals surface area contributed by atoms with E-state index in [4.69, 9.17) is 16.3 Å². The normalized spacial score (nSPS) is 12.9. The highest BCUT2D eigenvalue weighted by atomic mass is 35.5. The van der Waals surface area contributed by atoms with E-state index in [1.54, 1.807) is 42.5 Å². The highest BCUT2D eigenvalue weighted by Gasteiger charge is 2.22. The second-order valence-corrected chi connectivity index (χ2v) is 11.1. The van der Waals surface area contributed by atoms with Crippen LogP contribution in [0.4, 0.5) is 0 Å². The summed E-state index contributed by atoms with van der Waals surface area (Å²) >= 11 is 6.00. The molecule has 0 aliphatic rings. The van der Waals surface area contributed by atoms with Crippen LogP contribution in [0.1, 0.15) is 38.0 Å². The SMILES string of the molecule is CC(=O)Oc1ccc(S(=O)(=O)c2ccc(CC(C)(C)NC[C@@H](O)c3cccc(Cl)c3)cc2)cc1. The van der Waals surface area contributed by atoms with Crippen LogP contribution in [0, 0.1) is 0 Å². The second kappa shape index (κ2) is 10.7. The molecular weight excluding hydrogens is 474 g/mol. The van der Waals surface area contributed by atoms with Crippen LogP contribution in [0.2, 0.25) is 5.02 Å². The third kappa shape index (κ3) is 6.90. The van der Waals surface area contributed by atoms with E-state index < -0.39 is 21.9 Å². The lowest BCUT2D eigenvalue weighted by molar-refractivity contribution is -0.131. The van der Waals surface area contributed by atoms with Gasteiger partial charge in [-0.2, -0.15) is 0 Å². The highest BCUT2D eigenvalue weighted by Crippen LogP contribution is 2.25. The molecule has 0 aliphatic carbocycles. The van der Waals surface area contributed by atoms with Crippen molar-refractivity contribution < 1.29 is 23.1 Å². The van der Waals surface area contributed by atoms with Crippen molar-refractivity contribution in [2.75, 3.05) is 6.54 Å². The van der Waals surface area contributed by atoms with E-state index in [1.807, 2.05) is 19.9 Å². The lowest BCUT2D eigenvalue weighted by Crippen LogP contribution is -2.43. The van der Waals surface area contributed by atoms with E-state index in [0.717, 1.165) is 11.1 Å². The first-order valence-electron chi connectivity index (χ1n) is 10.8. The van der Waals surface area contributed by atoms with Gasteiger partial charge in [-0.25, -0.2) is 8.42 Å². The fourth-order valence-corrected chi connectivity index (χ4v) is 5.01. The molecule has 0 fully saturated rings. The van der Waals surface area contributed by atoms with Crippen molar-refractivity contribution in [1.29, 1.82) is 0 Å². The predicted molar refractivity (Wildman–Crippen MR) is 132 cm³/mol. The first kappa shape index (κ1) is 25.9. The van der Waals surface area contributed by atoms with Gasteiger partial charge < -0.3 is 15.2 Å². The first-order chi connectivity index (χ1) is 16.0. The number of sulfone groups is 1. The molecule has 0 amide bonds. The molecule has 0 bridgehead atoms. The molecule has 3 aromatic rings. The van der Waals surface area contributed by atoms with E-state index >= 15 is 0 Å². The van der Waals surface area contributed by atoms with Crippen LogP contribution in [-0.4, -0.2) is 31.6 Å². The Labute approximate surface area is 205 Å². The number of hydrogen-bond donors (Lipinski definition) is 2. The maximum Gasteiger partial charge on any atom is 0.308 e. The molecule has 180 valence electrons. The van der Waals surface area contributed by atoms with Gasteiger partial charge >= 0.3 is 5.97 Å². The number of rotatable bonds is 9. The molecule has 1 atom stereocenters. The van der Waals surface area contributed by atoms with Crippen LogP contribution in [0.25, 0.3) is 0 Å². The summed E-state index contributed by atoms with van der Waals surface area (Å²) < 4.78 is 30.8. The summed E-state index contributed by atoms with van der Waals surface area (Å²) in [7, 11) is -3.70. The largest absolute Gasteiger partial charge is 0.427 e. The molecular formula is C26H28ClNO5S. The van der Waals surface area contributed by atoms with Crippen molar-refractivity contribution in [3.05, 3.63) is 88.9 Å². The summed E-state index contributed by atoms with van der Waals surface area (Å²) in [5, 5.41) is 14.4. The van der Waals surface area contributed by atoms with Crippen LogP contribution < -0.4 is 10.1 Å². The summed E-state index contributed by atoms with van der Waals surface area (Å²) in [5.41, 5.74) is 1.36. The topological polar surface area (TPSA) is 92.7 Å². The van der Waals surface area contributed by atoms with E-state index in [-0.39, 0.29) is 21.1 Å². The smallest absolute Gasteiger partial charge is 0.308 e. The van der Waals surface area contributed by atoms with Gasteiger partial charge in [0.15, 0.2) is 0 Å². The zero-order valence-electron chi connectivity index (χ0n) is 19.3. The van der Waals surface area contributed by atoms with Crippen LogP contribution in [-0.2, 0) is 21.1 Å². The molecule has 0 saturated carbocycles. The van der Waals surface area contributed by atoms with Crippen LogP contribution in [0.3, 0.4) is 0 Å². The van der Waals surface area contributed by atoms with Crippen LogP contribution in [0.15, 0.2) is 82.6 Å². The van der Waals surface area contributed by atoms with Crippen LogP contribution >= 0.6 is 11.6 Å². The maximum absolute atomic E-state index is 12.9. The van der Waals surface area contributed by atoms with Crippen molar-refractivity contribution in [2.45, 2.75) is 48.6 Å². The number of aliphatic hydroxyl groups excluding tert-OH is 1. The number of carbonyl (C=O) groups is 1. The molecule has 3 rings (SSSR count). The summed E-state index contributed by atoms with van der Waals surface area (Å²) in [6.07, 6.45) is -0.0649. The molecule has 0 saturated heterocycles. The van der Waals surface area contributed by atoms with Gasteiger partial charge in [0.25, 0.3) is 0 Å². The summed E-state index contributed by atoms with van der Waals surface area (Å²) in [5.74, 6) is -0.181. The van der Waals surface area contributed by atoms with Crippen molar-refractivity contribution in [1.82, 2.24) is 5.32 Å². The summed E-state index contributed by atoms with van der Waals surface area (Å²) in [6.45, 7) is 5.67. The van der Waals surface area contributed by atoms with Gasteiger partial charge in [-0.05, 0) is 79.9 Å². The van der Waals surface area contributed by atoms with E-state index in [2.05, 4.69) is 5.32 Å². The minimum Gasteiger partial charge on any atom is -0.427 e. The van der Waals surface area contributed by atoms with E-state index in [0.29, 0.717) is 18.0 Å². The lowest BCUT2D eigenvalue weighted by Gasteiger charge is -2.28. The quantitative estimate of drug-likeness (QED) is 0.325. The van der Waals surface area contributed by atoms with Gasteiger partial charge in [-0.1, -0.05) is 35.9 Å². The van der Waals surface area contributed by atoms with Gasteiger partial charge in [-0.3, -0.25) is 4.79 Å². The molecule has 0 aromatic heterocycles. The zero-order chi connectivity index (χ0) is 24.9. The van der Waals surface area contributed by atoms with E-state index in [1.165, 1.54) is 31.2 Å². The van der Waals surface area contributed by atoms with Gasteiger partial charge in [0.05, 0.1) is 15.9 Å². The number of nitrogens with one attached hydrogen (secondary N) is 1. The predicted octanol–water partition coefficient (Wildman–Crippen LogP) is 4.74. The van der Waals surface area contributed by atoms with Gasteiger partial charge in [0, 0.05) is 24.0 Å². The van der Waals surface area contributed by atoms with Crippen molar-refractivity contribution in [2.24, 2.45) is 0 Å². The minimum absolute atomic E-state index is 0.119. The Morgan fingerprint density at radius 2 is 1.62 bits per heavy atom. The Bertz CT molecular complexity index is 1240. The molecule has 0 aliphatic heterocycles. The van der Waals surface area contributed by atoms with Crippen molar-refractivity contribution in [3.8, 4) is 5.75 Å². The lowest BCUT2D eigenvalue weighted by atomic mass is 9.94. The number of aliphatic hydroxyl groups is 1. The van der Waals surface area contributed by atoms with Gasteiger partial charge in [-0.15, -0.1) is 0 Å². The summed E-state index contributed by atoms with van der Waals surface area (Å²) in [6, 6.07) is 19.6. The Morgan fingerprint density at radius 1 is 1.03 bits per heavy atom. The average molecular weight is 502 g/mol. The fourth-order valence-electron chi connectivity index (χ4n) is 3.55. The Balaban J connectivity index is 1.64. The highest BCUT2D eigenvalue weighted by molar-refractivity contribution is 7.91. The third-order valence-corrected chi connectivity index (χ3v) is 7.30. The fraction of sp³-hybridized carbons (Fsp3) is 0.269. The zero-order valence-corrected chi connectivity index (χ0v) is 20.9. The second-order valence-electron chi connectivity index (χ2n) is 8.72. The number of carbonyl (C=O) groups excluding carboxylic acids is 1. The Kier molecular flexibility index (Phi) is 8.15. The minimum atomic E-state index is -3.70. The number of hydrogen-bond acceptors (Lipinski definition) is 6. The number of benzene rings is 3. The molecule has 2 N–H and O–H groups in total. The number of halogens is 1. The van der Waals surface area contributed by atoms with Crippen molar-refractivity contribution in [3.63, 3.8) is 0 Å². The molecule has 6 nitrogen and oxygen atoms in total. The standard InChI is InChI=1S/C26H28ClNO5S/c1-18(29)33-22-9-13-24(14-10-22)34(31,32)23-11-7-19(8-12-23)16-26(2,3)28-17-25(30)20-5-4-6-21(27)15-20/h4-15,25,28,30H,16-17H2,1-3H3/t25-/m1/s1. The number of β-amino-alcohol motifs (C(OH)–C–C–N with tert-alkyl or cyclic N) is 1. The van der Waals surface area contributed by atoms with Crippen LogP contribution in [0.5, 0.6) is 5.75 Å². The first-order valence-corrected chi connectivity index (χ1v) is 12.6. The molecule has 3 aromatic carbocycles. The van der Waals surface area contributed by atoms with Gasteiger partial charge in [0.2, 0.25) is 9.84 Å². The molecule has 0 spiro atoms. The third-order valence-electron chi connectivity index (χ3n) is 5.28. The monoisotopic (exact) mass is 501 g/mol. The average Bonchev–Trinajstić information content (AvgIpc) is 2.77. The molecule has 8 heteroatoms. The summed E-state index contributed by atoms with van der Waals surface area (Å²) in [4.78, 5) is 11.3. The molecule has 0 unspecified atom stereocenters. The van der Waals surface area contributed by atoms with Gasteiger partial charge in [0.1, 0.15) is 5.75 Å². The number of esters is 1. The molecule has 0 radical (unpaired) electrons. The molecule has 0 heterocycles. The van der Waals surface area contributed by atoms with E-state index in [9.17, 15) is 18.3 Å². The maximum atomic E-state index is 12.9. The van der Waals surface area contributed by atoms with Crippen molar-refractivity contribution >= 4 is 27.4 Å². The molecule has 34 heavy (non-hydrogen) atoms. The Hall–Kier alpha value is -2.71.